The van der Waals surface area contributed by atoms with E-state index in [9.17, 15) is 9.59 Å². The molecule has 0 fully saturated rings. The summed E-state index contributed by atoms with van der Waals surface area (Å²) in [7, 11) is 0. The molecule has 0 saturated carbocycles. The van der Waals surface area contributed by atoms with Crippen LogP contribution in [0, 0.1) is 20.8 Å². The predicted octanol–water partition coefficient (Wildman–Crippen LogP) is 3.74. The van der Waals surface area contributed by atoms with Crippen LogP contribution in [0.15, 0.2) is 47.8 Å². The van der Waals surface area contributed by atoms with Gasteiger partial charge in [-0.05, 0) is 32.4 Å². The number of rotatable bonds is 4. The minimum Gasteiger partial charge on any atom is -0.273 e. The molecule has 0 bridgehead atoms. The maximum atomic E-state index is 12.2. The van der Waals surface area contributed by atoms with Crippen LogP contribution in [0.5, 0.6) is 0 Å². The molecular formula is C21H21N3O2S. The Kier molecular flexibility index (Phi) is 5.66. The van der Waals surface area contributed by atoms with E-state index in [2.05, 4.69) is 15.8 Å². The molecule has 1 aromatic heterocycles. The van der Waals surface area contributed by atoms with Crippen molar-refractivity contribution < 1.29 is 9.59 Å². The molecule has 2 N–H and O–H groups in total. The van der Waals surface area contributed by atoms with Crippen LogP contribution in [0.3, 0.4) is 0 Å². The van der Waals surface area contributed by atoms with E-state index < -0.39 is 0 Å². The van der Waals surface area contributed by atoms with Gasteiger partial charge in [0.15, 0.2) is 0 Å². The van der Waals surface area contributed by atoms with Crippen LogP contribution in [0.1, 0.15) is 32.7 Å². The molecule has 0 spiro atoms. The molecule has 2 amide bonds. The number of nitrogens with one attached hydrogen (secondary N) is 2. The van der Waals surface area contributed by atoms with Crippen molar-refractivity contribution in [2.45, 2.75) is 27.2 Å². The van der Waals surface area contributed by atoms with Crippen LogP contribution in [0.25, 0.3) is 10.6 Å². The second kappa shape index (κ2) is 8.14. The molecule has 1 heterocycles. The Morgan fingerprint density at radius 3 is 2.37 bits per heavy atom. The second-order valence-corrected chi connectivity index (χ2v) is 7.37. The van der Waals surface area contributed by atoms with E-state index in [4.69, 9.17) is 0 Å². The Hall–Kier alpha value is -2.99. The fraction of sp³-hybridized carbons (Fsp3) is 0.190. The van der Waals surface area contributed by atoms with Crippen LogP contribution in [-0.2, 0) is 11.2 Å². The summed E-state index contributed by atoms with van der Waals surface area (Å²) in [5.41, 5.74) is 10.3. The van der Waals surface area contributed by atoms with E-state index in [-0.39, 0.29) is 18.2 Å². The van der Waals surface area contributed by atoms with Gasteiger partial charge in [0, 0.05) is 16.5 Å². The number of benzene rings is 2. The van der Waals surface area contributed by atoms with Crippen LogP contribution in [0.4, 0.5) is 0 Å². The zero-order chi connectivity index (χ0) is 19.4. The zero-order valence-corrected chi connectivity index (χ0v) is 16.3. The van der Waals surface area contributed by atoms with Gasteiger partial charge in [0.2, 0.25) is 5.91 Å². The summed E-state index contributed by atoms with van der Waals surface area (Å²) in [4.78, 5) is 28.8. The SMILES string of the molecule is Cc1ccc(-c2nc(CC(=O)NNC(=O)c3ccc(C)cc3C)cs2)cc1. The molecule has 5 nitrogen and oxygen atoms in total. The molecule has 2 aromatic carbocycles. The fourth-order valence-corrected chi connectivity index (χ4v) is 3.51. The maximum absolute atomic E-state index is 12.2. The standard InChI is InChI=1S/C21H21N3O2S/c1-13-4-7-16(8-5-13)21-22-17(12-27-21)11-19(25)23-24-20(26)18-9-6-14(2)10-15(18)3/h4-10,12H,11H2,1-3H3,(H,23,25)(H,24,26). The van der Waals surface area contributed by atoms with Gasteiger partial charge < -0.3 is 0 Å². The number of amides is 2. The normalized spacial score (nSPS) is 10.5. The molecule has 0 aliphatic heterocycles. The number of aryl methyl sites for hydroxylation is 3. The lowest BCUT2D eigenvalue weighted by atomic mass is 10.1. The fourth-order valence-electron chi connectivity index (χ4n) is 2.69. The lowest BCUT2D eigenvalue weighted by Gasteiger charge is -2.09. The summed E-state index contributed by atoms with van der Waals surface area (Å²) in [6.45, 7) is 5.87. The molecule has 0 aliphatic carbocycles. The molecule has 0 saturated heterocycles. The van der Waals surface area contributed by atoms with E-state index >= 15 is 0 Å². The number of carbonyl (C=O) groups is 2. The van der Waals surface area contributed by atoms with E-state index in [1.165, 1.54) is 16.9 Å². The Bertz CT molecular complexity index is 977. The van der Waals surface area contributed by atoms with Crippen molar-refractivity contribution in [3.05, 3.63) is 75.8 Å². The highest BCUT2D eigenvalue weighted by molar-refractivity contribution is 7.13. The molecule has 6 heteroatoms. The van der Waals surface area contributed by atoms with Crippen LogP contribution < -0.4 is 10.9 Å². The Balaban J connectivity index is 1.56. The first-order valence-electron chi connectivity index (χ1n) is 8.60. The zero-order valence-electron chi connectivity index (χ0n) is 15.5. The number of hydrogen-bond acceptors (Lipinski definition) is 4. The van der Waals surface area contributed by atoms with E-state index in [0.29, 0.717) is 11.3 Å². The highest BCUT2D eigenvalue weighted by atomic mass is 32.1. The maximum Gasteiger partial charge on any atom is 0.269 e. The number of aromatic nitrogens is 1. The first-order chi connectivity index (χ1) is 12.9. The summed E-state index contributed by atoms with van der Waals surface area (Å²) < 4.78 is 0. The third-order valence-electron chi connectivity index (χ3n) is 4.13. The Labute approximate surface area is 162 Å². The average Bonchev–Trinajstić information content (AvgIpc) is 3.08. The molecule has 0 unspecified atom stereocenters. The number of thiazole rings is 1. The summed E-state index contributed by atoms with van der Waals surface area (Å²) in [6, 6.07) is 13.6. The summed E-state index contributed by atoms with van der Waals surface area (Å²) in [6.07, 6.45) is 0.107. The summed E-state index contributed by atoms with van der Waals surface area (Å²) in [5, 5.41) is 2.73. The molecular weight excluding hydrogens is 358 g/mol. The number of carbonyl (C=O) groups excluding carboxylic acids is 2. The molecule has 138 valence electrons. The van der Waals surface area contributed by atoms with E-state index in [0.717, 1.165) is 21.7 Å². The quantitative estimate of drug-likeness (QED) is 0.679. The van der Waals surface area contributed by atoms with Gasteiger partial charge in [-0.3, -0.25) is 20.4 Å². The van der Waals surface area contributed by atoms with Crippen LogP contribution >= 0.6 is 11.3 Å². The van der Waals surface area contributed by atoms with Gasteiger partial charge >= 0.3 is 0 Å². The van der Waals surface area contributed by atoms with Gasteiger partial charge in [0.1, 0.15) is 5.01 Å². The second-order valence-electron chi connectivity index (χ2n) is 6.51. The predicted molar refractivity (Wildman–Crippen MR) is 108 cm³/mol. The molecule has 0 aliphatic rings. The Morgan fingerprint density at radius 1 is 0.963 bits per heavy atom. The van der Waals surface area contributed by atoms with Crippen LogP contribution in [-0.4, -0.2) is 16.8 Å². The van der Waals surface area contributed by atoms with Gasteiger partial charge in [-0.15, -0.1) is 11.3 Å². The third kappa shape index (κ3) is 4.80. The van der Waals surface area contributed by atoms with Gasteiger partial charge in [0.25, 0.3) is 5.91 Å². The first kappa shape index (κ1) is 18.8. The Morgan fingerprint density at radius 2 is 1.67 bits per heavy atom. The molecule has 0 atom stereocenters. The van der Waals surface area contributed by atoms with Crippen molar-refractivity contribution in [3.8, 4) is 10.6 Å². The average molecular weight is 379 g/mol. The lowest BCUT2D eigenvalue weighted by molar-refractivity contribution is -0.121. The molecule has 3 rings (SSSR count). The third-order valence-corrected chi connectivity index (χ3v) is 5.07. The van der Waals surface area contributed by atoms with Crippen molar-refractivity contribution in [3.63, 3.8) is 0 Å². The van der Waals surface area contributed by atoms with Crippen molar-refractivity contribution in [2.24, 2.45) is 0 Å². The lowest BCUT2D eigenvalue weighted by Crippen LogP contribution is -2.42. The largest absolute Gasteiger partial charge is 0.273 e. The van der Waals surface area contributed by atoms with Crippen molar-refractivity contribution in [1.29, 1.82) is 0 Å². The minimum absolute atomic E-state index is 0.107. The molecule has 27 heavy (non-hydrogen) atoms. The highest BCUT2D eigenvalue weighted by Crippen LogP contribution is 2.24. The van der Waals surface area contributed by atoms with Crippen molar-refractivity contribution in [2.75, 3.05) is 0 Å². The van der Waals surface area contributed by atoms with E-state index in [1.807, 2.05) is 62.5 Å². The summed E-state index contributed by atoms with van der Waals surface area (Å²) in [5.74, 6) is -0.645. The van der Waals surface area contributed by atoms with Crippen molar-refractivity contribution >= 4 is 23.2 Å². The van der Waals surface area contributed by atoms with Gasteiger partial charge in [-0.2, -0.15) is 0 Å². The van der Waals surface area contributed by atoms with Gasteiger partial charge in [0.05, 0.1) is 12.1 Å². The smallest absolute Gasteiger partial charge is 0.269 e. The molecule has 3 aromatic rings. The van der Waals surface area contributed by atoms with E-state index in [1.54, 1.807) is 6.07 Å². The number of hydrazine groups is 1. The minimum atomic E-state index is -0.334. The van der Waals surface area contributed by atoms with Crippen LogP contribution in [0.2, 0.25) is 0 Å². The van der Waals surface area contributed by atoms with Crippen molar-refractivity contribution in [1.82, 2.24) is 15.8 Å². The highest BCUT2D eigenvalue weighted by Gasteiger charge is 2.12. The summed E-state index contributed by atoms with van der Waals surface area (Å²) >= 11 is 1.50. The van der Waals surface area contributed by atoms with Gasteiger partial charge in [-0.1, -0.05) is 47.5 Å². The monoisotopic (exact) mass is 379 g/mol. The topological polar surface area (TPSA) is 71.1 Å². The first-order valence-corrected chi connectivity index (χ1v) is 9.48. The number of hydrogen-bond donors (Lipinski definition) is 2. The number of nitrogens with zero attached hydrogens (tertiary/aromatic N) is 1. The van der Waals surface area contributed by atoms with Gasteiger partial charge in [-0.25, -0.2) is 4.98 Å². The molecule has 0 radical (unpaired) electrons.